The first-order valence-corrected chi connectivity index (χ1v) is 5.46. The number of anilines is 1. The zero-order valence-electron chi connectivity index (χ0n) is 8.32. The molecule has 0 saturated carbocycles. The molecule has 2 rings (SSSR count). The molecule has 0 bridgehead atoms. The second-order valence-electron chi connectivity index (χ2n) is 3.15. The number of halogens is 2. The molecule has 5 heteroatoms. The fourth-order valence-electron chi connectivity index (χ4n) is 1.21. The molecule has 1 N–H and O–H groups in total. The van der Waals surface area contributed by atoms with E-state index in [1.54, 1.807) is 30.6 Å². The highest BCUT2D eigenvalue weighted by atomic mass is 35.5. The van der Waals surface area contributed by atoms with Crippen LogP contribution in [0.5, 0.6) is 0 Å². The lowest BCUT2D eigenvalue weighted by molar-refractivity contribution is 0.948. The van der Waals surface area contributed by atoms with Gasteiger partial charge in [0.15, 0.2) is 0 Å². The first-order valence-electron chi connectivity index (χ1n) is 4.70. The van der Waals surface area contributed by atoms with Gasteiger partial charge in [-0.15, -0.1) is 0 Å². The smallest absolute Gasteiger partial charge is 0.147 e. The number of benzene rings is 1. The molecule has 82 valence electrons. The van der Waals surface area contributed by atoms with Gasteiger partial charge in [0, 0.05) is 18.1 Å². The molecular formula is C11H9Cl2N3. The van der Waals surface area contributed by atoms with Crippen LogP contribution in [0, 0.1) is 0 Å². The lowest BCUT2D eigenvalue weighted by Crippen LogP contribution is -2.03. The maximum atomic E-state index is 5.89. The van der Waals surface area contributed by atoms with Gasteiger partial charge >= 0.3 is 0 Å². The van der Waals surface area contributed by atoms with E-state index in [4.69, 9.17) is 23.2 Å². The maximum absolute atomic E-state index is 5.89. The van der Waals surface area contributed by atoms with Crippen molar-refractivity contribution < 1.29 is 0 Å². The van der Waals surface area contributed by atoms with E-state index in [9.17, 15) is 0 Å². The van der Waals surface area contributed by atoms with Crippen LogP contribution in [0.1, 0.15) is 5.82 Å². The Kier molecular flexibility index (Phi) is 3.59. The molecule has 1 aromatic carbocycles. The second kappa shape index (κ2) is 5.14. The van der Waals surface area contributed by atoms with Crippen molar-refractivity contribution in [2.45, 2.75) is 6.54 Å². The lowest BCUT2D eigenvalue weighted by atomic mass is 10.3. The van der Waals surface area contributed by atoms with Gasteiger partial charge in [-0.1, -0.05) is 23.2 Å². The van der Waals surface area contributed by atoms with Gasteiger partial charge in [-0.25, -0.2) is 9.97 Å². The molecule has 0 aliphatic heterocycles. The summed E-state index contributed by atoms with van der Waals surface area (Å²) in [6.45, 7) is 0.554. The van der Waals surface area contributed by atoms with E-state index in [0.29, 0.717) is 16.6 Å². The topological polar surface area (TPSA) is 37.8 Å². The van der Waals surface area contributed by atoms with Crippen LogP contribution >= 0.6 is 23.2 Å². The van der Waals surface area contributed by atoms with Crippen LogP contribution in [0.15, 0.2) is 36.7 Å². The molecule has 3 nitrogen and oxygen atoms in total. The molecule has 0 radical (unpaired) electrons. The molecule has 2 aromatic rings. The normalized spacial score (nSPS) is 10.1. The number of nitrogens with one attached hydrogen (secondary N) is 1. The van der Waals surface area contributed by atoms with Crippen LogP contribution in [0.25, 0.3) is 0 Å². The molecule has 16 heavy (non-hydrogen) atoms. The lowest BCUT2D eigenvalue weighted by Gasteiger charge is -2.06. The molecule has 0 saturated heterocycles. The molecule has 1 aromatic heterocycles. The molecule has 0 amide bonds. The Hall–Kier alpha value is -1.32. The highest BCUT2D eigenvalue weighted by Gasteiger charge is 1.99. The Morgan fingerprint density at radius 2 is 1.81 bits per heavy atom. The standard InChI is InChI=1S/C11H9Cl2N3/c12-9-3-2-8(6-10(9)13)16-7-11-14-4-1-5-15-11/h1-6,16H,7H2. The van der Waals surface area contributed by atoms with Crippen molar-refractivity contribution >= 4 is 28.9 Å². The van der Waals surface area contributed by atoms with Gasteiger partial charge in [-0.05, 0) is 24.3 Å². The number of aromatic nitrogens is 2. The van der Waals surface area contributed by atoms with Crippen molar-refractivity contribution in [3.8, 4) is 0 Å². The molecule has 1 heterocycles. The van der Waals surface area contributed by atoms with Crippen LogP contribution in [0.2, 0.25) is 10.0 Å². The first kappa shape index (κ1) is 11.2. The second-order valence-corrected chi connectivity index (χ2v) is 3.96. The Balaban J connectivity index is 2.03. The number of rotatable bonds is 3. The highest BCUT2D eigenvalue weighted by Crippen LogP contribution is 2.25. The molecule has 0 fully saturated rings. The number of hydrogen-bond donors (Lipinski definition) is 1. The summed E-state index contributed by atoms with van der Waals surface area (Å²) in [6, 6.07) is 7.16. The predicted octanol–water partition coefficient (Wildman–Crippen LogP) is 3.40. The van der Waals surface area contributed by atoms with Crippen molar-refractivity contribution in [1.82, 2.24) is 9.97 Å². The fraction of sp³-hybridized carbons (Fsp3) is 0.0909. The summed E-state index contributed by atoms with van der Waals surface area (Å²) in [5.41, 5.74) is 0.891. The van der Waals surface area contributed by atoms with Gasteiger partial charge < -0.3 is 5.32 Å². The molecular weight excluding hydrogens is 245 g/mol. The average Bonchev–Trinajstić information content (AvgIpc) is 2.32. The zero-order valence-corrected chi connectivity index (χ0v) is 9.83. The fourth-order valence-corrected chi connectivity index (χ4v) is 1.51. The Morgan fingerprint density at radius 3 is 2.50 bits per heavy atom. The van der Waals surface area contributed by atoms with Gasteiger partial charge in [-0.3, -0.25) is 0 Å². The van der Waals surface area contributed by atoms with Gasteiger partial charge in [0.2, 0.25) is 0 Å². The third-order valence-corrected chi connectivity index (χ3v) is 2.73. The van der Waals surface area contributed by atoms with Gasteiger partial charge in [0.1, 0.15) is 5.82 Å². The summed E-state index contributed by atoms with van der Waals surface area (Å²) in [5, 5.41) is 4.23. The van der Waals surface area contributed by atoms with Crippen LogP contribution in [-0.2, 0) is 6.54 Å². The van der Waals surface area contributed by atoms with Crippen LogP contribution in [-0.4, -0.2) is 9.97 Å². The van der Waals surface area contributed by atoms with Crippen molar-refractivity contribution in [1.29, 1.82) is 0 Å². The van der Waals surface area contributed by atoms with Gasteiger partial charge in [0.05, 0.1) is 16.6 Å². The highest BCUT2D eigenvalue weighted by molar-refractivity contribution is 6.42. The summed E-state index contributed by atoms with van der Waals surface area (Å²) in [6.07, 6.45) is 3.41. The average molecular weight is 254 g/mol. The van der Waals surface area contributed by atoms with E-state index >= 15 is 0 Å². The third-order valence-electron chi connectivity index (χ3n) is 1.99. The van der Waals surface area contributed by atoms with E-state index in [1.165, 1.54) is 0 Å². The summed E-state index contributed by atoms with van der Waals surface area (Å²) >= 11 is 11.7. The molecule has 0 aliphatic rings. The first-order chi connectivity index (χ1) is 7.75. The minimum atomic E-state index is 0.528. The summed E-state index contributed by atoms with van der Waals surface area (Å²) in [4.78, 5) is 8.20. The molecule has 0 atom stereocenters. The van der Waals surface area contributed by atoms with Crippen LogP contribution in [0.3, 0.4) is 0 Å². The largest absolute Gasteiger partial charge is 0.378 e. The molecule has 0 aliphatic carbocycles. The van der Waals surface area contributed by atoms with Crippen molar-refractivity contribution in [3.63, 3.8) is 0 Å². The van der Waals surface area contributed by atoms with E-state index < -0.39 is 0 Å². The van der Waals surface area contributed by atoms with Gasteiger partial charge in [0.25, 0.3) is 0 Å². The van der Waals surface area contributed by atoms with Crippen LogP contribution in [0.4, 0.5) is 5.69 Å². The Bertz CT molecular complexity index is 474. The number of nitrogens with zero attached hydrogens (tertiary/aromatic N) is 2. The quantitative estimate of drug-likeness (QED) is 0.912. The van der Waals surface area contributed by atoms with Gasteiger partial charge in [-0.2, -0.15) is 0 Å². The van der Waals surface area contributed by atoms with Crippen LogP contribution < -0.4 is 5.32 Å². The number of hydrogen-bond acceptors (Lipinski definition) is 3. The summed E-state index contributed by atoms with van der Waals surface area (Å²) < 4.78 is 0. The Labute approximate surface area is 103 Å². The summed E-state index contributed by atoms with van der Waals surface area (Å²) in [5.74, 6) is 0.730. The van der Waals surface area contributed by atoms with Crippen molar-refractivity contribution in [2.75, 3.05) is 5.32 Å². The zero-order chi connectivity index (χ0) is 11.4. The SMILES string of the molecule is Clc1ccc(NCc2ncccn2)cc1Cl. The van der Waals surface area contributed by atoms with E-state index in [1.807, 2.05) is 6.07 Å². The minimum absolute atomic E-state index is 0.528. The summed E-state index contributed by atoms with van der Waals surface area (Å²) in [7, 11) is 0. The van der Waals surface area contributed by atoms with Crippen molar-refractivity contribution in [3.05, 3.63) is 52.5 Å². The van der Waals surface area contributed by atoms with E-state index in [0.717, 1.165) is 11.5 Å². The Morgan fingerprint density at radius 1 is 1.06 bits per heavy atom. The van der Waals surface area contributed by atoms with E-state index in [2.05, 4.69) is 15.3 Å². The third kappa shape index (κ3) is 2.84. The predicted molar refractivity (Wildman–Crippen MR) is 65.8 cm³/mol. The maximum Gasteiger partial charge on any atom is 0.147 e. The molecule has 0 spiro atoms. The molecule has 0 unspecified atom stereocenters. The van der Waals surface area contributed by atoms with Crippen molar-refractivity contribution in [2.24, 2.45) is 0 Å². The van der Waals surface area contributed by atoms with E-state index in [-0.39, 0.29) is 0 Å². The minimum Gasteiger partial charge on any atom is -0.378 e. The monoisotopic (exact) mass is 253 g/mol.